The maximum absolute atomic E-state index is 11.5. The molecule has 1 rings (SSSR count). The molecular formula is C13H22O3. The van der Waals surface area contributed by atoms with E-state index in [4.69, 9.17) is 9.84 Å². The van der Waals surface area contributed by atoms with Gasteiger partial charge in [0.1, 0.15) is 0 Å². The number of ether oxygens (including phenoxy) is 1. The van der Waals surface area contributed by atoms with Crippen LogP contribution in [0.2, 0.25) is 0 Å². The van der Waals surface area contributed by atoms with Gasteiger partial charge >= 0.3 is 0 Å². The summed E-state index contributed by atoms with van der Waals surface area (Å²) < 4.78 is 5.51. The van der Waals surface area contributed by atoms with Gasteiger partial charge in [-0.3, -0.25) is 4.79 Å². The Hall–Kier alpha value is -0.670. The molecule has 1 heterocycles. The monoisotopic (exact) mass is 226 g/mol. The molecule has 1 aliphatic rings. The molecule has 0 spiro atoms. The van der Waals surface area contributed by atoms with E-state index in [1.165, 1.54) is 6.42 Å². The Balaban J connectivity index is 2.09. The van der Waals surface area contributed by atoms with E-state index in [9.17, 15) is 4.79 Å². The molecule has 1 saturated heterocycles. The van der Waals surface area contributed by atoms with Crippen molar-refractivity contribution in [2.75, 3.05) is 13.2 Å². The van der Waals surface area contributed by atoms with E-state index in [2.05, 4.69) is 0 Å². The van der Waals surface area contributed by atoms with Gasteiger partial charge in [-0.05, 0) is 44.6 Å². The summed E-state index contributed by atoms with van der Waals surface area (Å²) in [6.07, 6.45) is 10.2. The number of carbonyl (C=O) groups excluding carboxylic acids is 1. The van der Waals surface area contributed by atoms with E-state index < -0.39 is 0 Å². The summed E-state index contributed by atoms with van der Waals surface area (Å²) in [7, 11) is 0. The molecule has 1 atom stereocenters. The van der Waals surface area contributed by atoms with Crippen LogP contribution in [-0.4, -0.2) is 30.2 Å². The molecule has 1 fully saturated rings. The molecular weight excluding hydrogens is 204 g/mol. The van der Waals surface area contributed by atoms with E-state index in [1.54, 1.807) is 6.08 Å². The number of aliphatic hydroxyl groups excluding tert-OH is 1. The minimum absolute atomic E-state index is 0.142. The zero-order valence-electron chi connectivity index (χ0n) is 9.86. The molecule has 0 amide bonds. The van der Waals surface area contributed by atoms with E-state index >= 15 is 0 Å². The Labute approximate surface area is 97.5 Å². The average molecular weight is 226 g/mol. The summed E-state index contributed by atoms with van der Waals surface area (Å²) >= 11 is 0. The summed E-state index contributed by atoms with van der Waals surface area (Å²) in [5, 5.41) is 8.58. The zero-order chi connectivity index (χ0) is 11.6. The third-order valence-corrected chi connectivity index (χ3v) is 2.79. The number of ketones is 1. The number of hydrogen-bond acceptors (Lipinski definition) is 3. The highest BCUT2D eigenvalue weighted by molar-refractivity contribution is 5.89. The van der Waals surface area contributed by atoms with Crippen LogP contribution >= 0.6 is 0 Å². The van der Waals surface area contributed by atoms with Crippen molar-refractivity contribution in [3.05, 3.63) is 12.2 Å². The molecule has 92 valence electrons. The fourth-order valence-electron chi connectivity index (χ4n) is 1.85. The van der Waals surface area contributed by atoms with Crippen molar-refractivity contribution >= 4 is 5.78 Å². The average Bonchev–Trinajstić information content (AvgIpc) is 2.30. The number of rotatable bonds is 7. The second kappa shape index (κ2) is 8.48. The molecule has 3 nitrogen and oxygen atoms in total. The topological polar surface area (TPSA) is 46.5 Å². The molecule has 0 bridgehead atoms. The van der Waals surface area contributed by atoms with Gasteiger partial charge in [-0.2, -0.15) is 0 Å². The molecule has 16 heavy (non-hydrogen) atoms. The van der Waals surface area contributed by atoms with Crippen LogP contribution in [0.25, 0.3) is 0 Å². The molecule has 0 radical (unpaired) electrons. The van der Waals surface area contributed by atoms with Gasteiger partial charge in [0.2, 0.25) is 0 Å². The van der Waals surface area contributed by atoms with Crippen LogP contribution in [0.3, 0.4) is 0 Å². The van der Waals surface area contributed by atoms with Crippen molar-refractivity contribution in [3.63, 3.8) is 0 Å². The largest absolute Gasteiger partial charge is 0.396 e. The van der Waals surface area contributed by atoms with Crippen molar-refractivity contribution < 1.29 is 14.6 Å². The molecule has 0 aromatic heterocycles. The van der Waals surface area contributed by atoms with Crippen LogP contribution in [0.5, 0.6) is 0 Å². The molecule has 3 heteroatoms. The predicted molar refractivity (Wildman–Crippen MR) is 63.3 cm³/mol. The lowest BCUT2D eigenvalue weighted by molar-refractivity contribution is -0.118. The number of hydrogen-bond donors (Lipinski definition) is 1. The summed E-state index contributed by atoms with van der Waals surface area (Å²) in [6.45, 7) is 1.04. The Bertz CT molecular complexity index is 217. The third-order valence-electron chi connectivity index (χ3n) is 2.79. The number of unbranched alkanes of at least 4 members (excludes halogenated alkanes) is 2. The molecule has 1 N–H and O–H groups in total. The fraction of sp³-hybridized carbons (Fsp3) is 0.769. The van der Waals surface area contributed by atoms with Crippen molar-refractivity contribution in [2.24, 2.45) is 0 Å². The Morgan fingerprint density at radius 3 is 2.94 bits per heavy atom. The Morgan fingerprint density at radius 2 is 2.25 bits per heavy atom. The smallest absolute Gasteiger partial charge is 0.157 e. The summed E-state index contributed by atoms with van der Waals surface area (Å²) in [5.41, 5.74) is 0. The SMILES string of the molecule is O=C(/C=C/CCCCO)C[C@@H]1CCCCO1. The number of aliphatic hydroxyl groups is 1. The maximum atomic E-state index is 11.5. The van der Waals surface area contributed by atoms with Gasteiger partial charge in [0, 0.05) is 19.6 Å². The number of carbonyl (C=O) groups is 1. The Kier molecular flexibility index (Phi) is 7.10. The minimum Gasteiger partial charge on any atom is -0.396 e. The first-order chi connectivity index (χ1) is 7.83. The highest BCUT2D eigenvalue weighted by Crippen LogP contribution is 2.15. The minimum atomic E-state index is 0.142. The van der Waals surface area contributed by atoms with E-state index in [1.807, 2.05) is 6.08 Å². The lowest BCUT2D eigenvalue weighted by Gasteiger charge is -2.21. The molecule has 0 aromatic rings. The van der Waals surface area contributed by atoms with Crippen molar-refractivity contribution in [1.82, 2.24) is 0 Å². The Morgan fingerprint density at radius 1 is 1.38 bits per heavy atom. The van der Waals surface area contributed by atoms with Crippen LogP contribution in [-0.2, 0) is 9.53 Å². The van der Waals surface area contributed by atoms with Gasteiger partial charge in [0.05, 0.1) is 6.10 Å². The molecule has 1 aliphatic heterocycles. The molecule has 0 aliphatic carbocycles. The highest BCUT2D eigenvalue weighted by Gasteiger charge is 2.15. The predicted octanol–water partition coefficient (Wildman–Crippen LogP) is 2.23. The zero-order valence-corrected chi connectivity index (χ0v) is 9.86. The lowest BCUT2D eigenvalue weighted by atomic mass is 10.0. The third kappa shape index (κ3) is 6.03. The summed E-state index contributed by atoms with van der Waals surface area (Å²) in [6, 6.07) is 0. The molecule has 0 saturated carbocycles. The molecule has 0 aromatic carbocycles. The maximum Gasteiger partial charge on any atom is 0.157 e. The first-order valence-electron chi connectivity index (χ1n) is 6.25. The van der Waals surface area contributed by atoms with Crippen molar-refractivity contribution in [3.8, 4) is 0 Å². The van der Waals surface area contributed by atoms with Gasteiger partial charge in [-0.15, -0.1) is 0 Å². The van der Waals surface area contributed by atoms with E-state index in [0.29, 0.717) is 6.42 Å². The van der Waals surface area contributed by atoms with Crippen LogP contribution < -0.4 is 0 Å². The van der Waals surface area contributed by atoms with Crippen LogP contribution in [0.15, 0.2) is 12.2 Å². The van der Waals surface area contributed by atoms with Gasteiger partial charge in [-0.1, -0.05) is 6.08 Å². The normalized spacial score (nSPS) is 21.4. The quantitative estimate of drug-likeness (QED) is 0.535. The summed E-state index contributed by atoms with van der Waals surface area (Å²) in [5.74, 6) is 0.163. The van der Waals surface area contributed by atoms with E-state index in [0.717, 1.165) is 38.7 Å². The first-order valence-corrected chi connectivity index (χ1v) is 6.25. The van der Waals surface area contributed by atoms with Crippen LogP contribution in [0.1, 0.15) is 44.9 Å². The van der Waals surface area contributed by atoms with Crippen molar-refractivity contribution in [1.29, 1.82) is 0 Å². The lowest BCUT2D eigenvalue weighted by Crippen LogP contribution is -2.21. The van der Waals surface area contributed by atoms with Gasteiger partial charge in [0.15, 0.2) is 5.78 Å². The summed E-state index contributed by atoms with van der Waals surface area (Å²) in [4.78, 5) is 11.5. The second-order valence-corrected chi connectivity index (χ2v) is 4.28. The first kappa shape index (κ1) is 13.4. The van der Waals surface area contributed by atoms with Crippen LogP contribution in [0.4, 0.5) is 0 Å². The highest BCUT2D eigenvalue weighted by atomic mass is 16.5. The van der Waals surface area contributed by atoms with Gasteiger partial charge in [0.25, 0.3) is 0 Å². The van der Waals surface area contributed by atoms with Crippen molar-refractivity contribution in [2.45, 2.75) is 51.0 Å². The van der Waals surface area contributed by atoms with E-state index in [-0.39, 0.29) is 18.5 Å². The molecule has 0 unspecified atom stereocenters. The van der Waals surface area contributed by atoms with Gasteiger partial charge < -0.3 is 9.84 Å². The fourth-order valence-corrected chi connectivity index (χ4v) is 1.85. The second-order valence-electron chi connectivity index (χ2n) is 4.28. The number of allylic oxidation sites excluding steroid dienone is 2. The van der Waals surface area contributed by atoms with Gasteiger partial charge in [-0.25, -0.2) is 0 Å². The van der Waals surface area contributed by atoms with Crippen LogP contribution in [0, 0.1) is 0 Å². The standard InChI is InChI=1S/C13H22O3/c14-9-5-2-1-3-7-12(15)11-13-8-4-6-10-16-13/h3,7,13-14H,1-2,4-6,8-11H2/b7-3+/t13-/m0/s1.